The molecule has 0 aliphatic rings. The van der Waals surface area contributed by atoms with Crippen molar-refractivity contribution in [3.8, 4) is 0 Å². The fraction of sp³-hybridized carbons (Fsp3) is 0.692. The molecule has 0 bridgehead atoms. The molecule has 0 aliphatic carbocycles. The van der Waals surface area contributed by atoms with Crippen molar-refractivity contribution in [2.24, 2.45) is 0 Å². The lowest BCUT2D eigenvalue weighted by Gasteiger charge is -2.15. The number of ether oxygens (including phenoxy) is 1. The van der Waals surface area contributed by atoms with Crippen LogP contribution in [0.5, 0.6) is 0 Å². The molecule has 0 fully saturated rings. The number of hydrogen-bond acceptors (Lipinski definition) is 3. The molecule has 0 saturated carbocycles. The molecular weight excluding hydrogens is 218 g/mol. The SMILES string of the molecule is C=C(CCCOC(C)=O)C(=O)NC(CC)CC. The zero-order valence-corrected chi connectivity index (χ0v) is 11.0. The summed E-state index contributed by atoms with van der Waals surface area (Å²) in [5.74, 6) is -0.390. The van der Waals surface area contributed by atoms with Gasteiger partial charge in [-0.1, -0.05) is 20.4 Å². The molecular formula is C13H23NO3. The number of nitrogens with one attached hydrogen (secondary N) is 1. The number of rotatable bonds is 8. The summed E-state index contributed by atoms with van der Waals surface area (Å²) in [6, 6.07) is 0.215. The van der Waals surface area contributed by atoms with Crippen LogP contribution in [0.4, 0.5) is 0 Å². The van der Waals surface area contributed by atoms with Crippen molar-refractivity contribution in [2.45, 2.75) is 52.5 Å². The third kappa shape index (κ3) is 7.55. The minimum absolute atomic E-state index is 0.0958. The van der Waals surface area contributed by atoms with Gasteiger partial charge in [-0.2, -0.15) is 0 Å². The van der Waals surface area contributed by atoms with Crippen LogP contribution in [-0.4, -0.2) is 24.5 Å². The number of carbonyl (C=O) groups excluding carboxylic acids is 2. The zero-order valence-electron chi connectivity index (χ0n) is 11.0. The number of hydrogen-bond donors (Lipinski definition) is 1. The van der Waals surface area contributed by atoms with Crippen molar-refractivity contribution in [3.63, 3.8) is 0 Å². The molecule has 98 valence electrons. The van der Waals surface area contributed by atoms with Gasteiger partial charge in [0, 0.05) is 18.5 Å². The topological polar surface area (TPSA) is 55.4 Å². The first-order valence-electron chi connectivity index (χ1n) is 6.13. The average Bonchev–Trinajstić information content (AvgIpc) is 2.30. The Hall–Kier alpha value is -1.32. The van der Waals surface area contributed by atoms with Crippen LogP contribution in [0.3, 0.4) is 0 Å². The van der Waals surface area contributed by atoms with Crippen LogP contribution in [0.2, 0.25) is 0 Å². The first-order valence-corrected chi connectivity index (χ1v) is 6.13. The van der Waals surface area contributed by atoms with Gasteiger partial charge in [0.25, 0.3) is 0 Å². The van der Waals surface area contributed by atoms with Crippen molar-refractivity contribution in [1.29, 1.82) is 0 Å². The molecule has 0 rings (SSSR count). The van der Waals surface area contributed by atoms with E-state index in [-0.39, 0.29) is 17.9 Å². The minimum atomic E-state index is -0.294. The van der Waals surface area contributed by atoms with Gasteiger partial charge in [-0.25, -0.2) is 0 Å². The molecule has 0 atom stereocenters. The average molecular weight is 241 g/mol. The van der Waals surface area contributed by atoms with E-state index < -0.39 is 0 Å². The van der Waals surface area contributed by atoms with E-state index in [4.69, 9.17) is 4.74 Å². The third-order valence-corrected chi connectivity index (χ3v) is 2.57. The van der Waals surface area contributed by atoms with Crippen molar-refractivity contribution in [1.82, 2.24) is 5.32 Å². The Morgan fingerprint density at radius 3 is 2.35 bits per heavy atom. The van der Waals surface area contributed by atoms with Crippen molar-refractivity contribution >= 4 is 11.9 Å². The van der Waals surface area contributed by atoms with Crippen LogP contribution >= 0.6 is 0 Å². The van der Waals surface area contributed by atoms with Gasteiger partial charge >= 0.3 is 5.97 Å². The van der Waals surface area contributed by atoms with Crippen molar-refractivity contribution in [3.05, 3.63) is 12.2 Å². The summed E-state index contributed by atoms with van der Waals surface area (Å²) in [5, 5.41) is 2.92. The highest BCUT2D eigenvalue weighted by Gasteiger charge is 2.11. The fourth-order valence-electron chi connectivity index (χ4n) is 1.40. The van der Waals surface area contributed by atoms with Gasteiger partial charge in [-0.3, -0.25) is 9.59 Å². The normalized spacial score (nSPS) is 10.1. The second kappa shape index (κ2) is 8.79. The van der Waals surface area contributed by atoms with Crippen molar-refractivity contribution in [2.75, 3.05) is 6.61 Å². The Morgan fingerprint density at radius 2 is 1.88 bits per heavy atom. The Labute approximate surface area is 103 Å². The summed E-state index contributed by atoms with van der Waals surface area (Å²) in [5.41, 5.74) is 0.545. The highest BCUT2D eigenvalue weighted by molar-refractivity contribution is 5.92. The van der Waals surface area contributed by atoms with Gasteiger partial charge in [-0.05, 0) is 25.7 Å². The predicted octanol–water partition coefficient (Wildman–Crippen LogP) is 2.19. The van der Waals surface area contributed by atoms with E-state index in [1.165, 1.54) is 6.92 Å². The molecule has 0 spiro atoms. The van der Waals surface area contributed by atoms with Gasteiger partial charge in [0.1, 0.15) is 0 Å². The van der Waals surface area contributed by atoms with Gasteiger partial charge in [0.05, 0.1) is 6.61 Å². The molecule has 0 aromatic carbocycles. The summed E-state index contributed by atoms with van der Waals surface area (Å²) in [4.78, 5) is 22.2. The molecule has 1 N–H and O–H groups in total. The molecule has 1 amide bonds. The predicted molar refractivity (Wildman–Crippen MR) is 67.5 cm³/mol. The molecule has 4 heteroatoms. The summed E-state index contributed by atoms with van der Waals surface area (Å²) in [7, 11) is 0. The summed E-state index contributed by atoms with van der Waals surface area (Å²) >= 11 is 0. The maximum atomic E-state index is 11.7. The standard InChI is InChI=1S/C13H23NO3/c1-5-12(6-2)14-13(16)10(3)8-7-9-17-11(4)15/h12H,3,5-9H2,1-2,4H3,(H,14,16). The van der Waals surface area contributed by atoms with Crippen LogP contribution in [0.25, 0.3) is 0 Å². The lowest BCUT2D eigenvalue weighted by Crippen LogP contribution is -2.34. The third-order valence-electron chi connectivity index (χ3n) is 2.57. The Kier molecular flexibility index (Phi) is 8.11. The maximum absolute atomic E-state index is 11.7. The highest BCUT2D eigenvalue weighted by Crippen LogP contribution is 2.05. The van der Waals surface area contributed by atoms with Gasteiger partial charge in [0.2, 0.25) is 5.91 Å². The van der Waals surface area contributed by atoms with E-state index in [1.807, 2.05) is 13.8 Å². The number of carbonyl (C=O) groups is 2. The molecule has 0 heterocycles. The van der Waals surface area contributed by atoms with Crippen molar-refractivity contribution < 1.29 is 14.3 Å². The van der Waals surface area contributed by atoms with E-state index in [2.05, 4.69) is 11.9 Å². The molecule has 0 unspecified atom stereocenters. The first kappa shape index (κ1) is 15.7. The van der Waals surface area contributed by atoms with Crippen LogP contribution in [-0.2, 0) is 14.3 Å². The second-order valence-electron chi connectivity index (χ2n) is 4.03. The molecule has 0 aromatic heterocycles. The Morgan fingerprint density at radius 1 is 1.29 bits per heavy atom. The zero-order chi connectivity index (χ0) is 13.3. The maximum Gasteiger partial charge on any atom is 0.302 e. The van der Waals surface area contributed by atoms with Crippen LogP contribution in [0, 0.1) is 0 Å². The minimum Gasteiger partial charge on any atom is -0.466 e. The first-order chi connectivity index (χ1) is 8.01. The number of amides is 1. The van der Waals surface area contributed by atoms with Crippen LogP contribution in [0.15, 0.2) is 12.2 Å². The summed E-state index contributed by atoms with van der Waals surface area (Å²) in [6.07, 6.45) is 3.03. The molecule has 4 nitrogen and oxygen atoms in total. The fourth-order valence-corrected chi connectivity index (χ4v) is 1.40. The van der Waals surface area contributed by atoms with Gasteiger partial charge < -0.3 is 10.1 Å². The van der Waals surface area contributed by atoms with E-state index in [1.54, 1.807) is 0 Å². The monoisotopic (exact) mass is 241 g/mol. The van der Waals surface area contributed by atoms with E-state index in [9.17, 15) is 9.59 Å². The highest BCUT2D eigenvalue weighted by atomic mass is 16.5. The van der Waals surface area contributed by atoms with E-state index in [0.29, 0.717) is 25.0 Å². The summed E-state index contributed by atoms with van der Waals surface area (Å²) in [6.45, 7) is 9.53. The van der Waals surface area contributed by atoms with E-state index >= 15 is 0 Å². The second-order valence-corrected chi connectivity index (χ2v) is 4.03. The Balaban J connectivity index is 3.82. The smallest absolute Gasteiger partial charge is 0.302 e. The number of esters is 1. The molecule has 0 saturated heterocycles. The lowest BCUT2D eigenvalue weighted by atomic mass is 10.1. The van der Waals surface area contributed by atoms with Gasteiger partial charge in [0.15, 0.2) is 0 Å². The molecule has 0 aromatic rings. The Bertz CT molecular complexity index is 270. The molecule has 17 heavy (non-hydrogen) atoms. The molecule has 0 radical (unpaired) electrons. The largest absolute Gasteiger partial charge is 0.466 e. The van der Waals surface area contributed by atoms with E-state index in [0.717, 1.165) is 12.8 Å². The van der Waals surface area contributed by atoms with Crippen LogP contribution < -0.4 is 5.32 Å². The molecule has 0 aliphatic heterocycles. The van der Waals surface area contributed by atoms with Gasteiger partial charge in [-0.15, -0.1) is 0 Å². The summed E-state index contributed by atoms with van der Waals surface area (Å²) < 4.78 is 4.78. The lowest BCUT2D eigenvalue weighted by molar-refractivity contribution is -0.141. The quantitative estimate of drug-likeness (QED) is 0.402. The van der Waals surface area contributed by atoms with Crippen LogP contribution in [0.1, 0.15) is 46.5 Å².